The molecule has 0 radical (unpaired) electrons. The number of likely N-dealkylation sites (N-methyl/N-ethyl adjacent to an activating group) is 1. The van der Waals surface area contributed by atoms with Crippen LogP contribution in [0.2, 0.25) is 0 Å². The predicted octanol–water partition coefficient (Wildman–Crippen LogP) is 3.54. The average Bonchev–Trinajstić information content (AvgIpc) is 2.74. The summed E-state index contributed by atoms with van der Waals surface area (Å²) in [4.78, 5) is 26.2. The van der Waals surface area contributed by atoms with E-state index in [4.69, 9.17) is 9.47 Å². The summed E-state index contributed by atoms with van der Waals surface area (Å²) in [6, 6.07) is 7.24. The predicted molar refractivity (Wildman–Crippen MR) is 120 cm³/mol. The topological polar surface area (TPSA) is 91.7 Å². The van der Waals surface area contributed by atoms with E-state index in [1.807, 2.05) is 13.0 Å². The summed E-state index contributed by atoms with van der Waals surface area (Å²) < 4.78 is 11.5. The fourth-order valence-corrected chi connectivity index (χ4v) is 3.68. The van der Waals surface area contributed by atoms with Gasteiger partial charge in [-0.1, -0.05) is 25.8 Å². The third-order valence-electron chi connectivity index (χ3n) is 5.46. The first-order valence-electron chi connectivity index (χ1n) is 10.8. The number of rotatable bonds is 8. The van der Waals surface area contributed by atoms with Gasteiger partial charge in [-0.25, -0.2) is 0 Å². The molecule has 0 aromatic heterocycles. The van der Waals surface area contributed by atoms with E-state index in [-0.39, 0.29) is 23.4 Å². The minimum atomic E-state index is -0.673. The molecule has 168 valence electrons. The molecule has 2 amide bonds. The van der Waals surface area contributed by atoms with Crippen LogP contribution in [-0.4, -0.2) is 49.6 Å². The standard InChI is InChI=1S/C24H33N3O4/c1-6-30-22-14-18(11-12-21(22)31-17(3)24(29)27(4)5)13-19(15-25)23(28)26-20-10-8-7-9-16(20)2/h11-14,16-17,20H,6-10H2,1-5H3,(H,26,28)/b19-13+/t16-,17+,20+/m1/s1. The van der Waals surface area contributed by atoms with Crippen molar-refractivity contribution in [3.8, 4) is 17.6 Å². The van der Waals surface area contributed by atoms with Crippen LogP contribution in [-0.2, 0) is 9.59 Å². The molecule has 0 unspecified atom stereocenters. The number of nitriles is 1. The number of carbonyl (C=O) groups excluding carboxylic acids is 2. The number of hydrogen-bond donors (Lipinski definition) is 1. The Labute approximate surface area is 185 Å². The summed E-state index contributed by atoms with van der Waals surface area (Å²) in [5.41, 5.74) is 0.691. The Morgan fingerprint density at radius 3 is 2.61 bits per heavy atom. The van der Waals surface area contributed by atoms with Gasteiger partial charge in [0.25, 0.3) is 11.8 Å². The molecule has 1 aliphatic rings. The Kier molecular flexibility index (Phi) is 8.92. The highest BCUT2D eigenvalue weighted by molar-refractivity contribution is 6.01. The number of carbonyl (C=O) groups is 2. The number of hydrogen-bond acceptors (Lipinski definition) is 5. The summed E-state index contributed by atoms with van der Waals surface area (Å²) >= 11 is 0. The van der Waals surface area contributed by atoms with E-state index < -0.39 is 6.10 Å². The summed E-state index contributed by atoms with van der Waals surface area (Å²) in [5, 5.41) is 12.5. The fourth-order valence-electron chi connectivity index (χ4n) is 3.68. The number of ether oxygens (including phenoxy) is 2. The van der Waals surface area contributed by atoms with Gasteiger partial charge in [-0.3, -0.25) is 9.59 Å². The Balaban J connectivity index is 2.20. The molecule has 2 rings (SSSR count). The van der Waals surface area contributed by atoms with Gasteiger partial charge in [0.15, 0.2) is 17.6 Å². The lowest BCUT2D eigenvalue weighted by Crippen LogP contribution is -2.41. The number of benzene rings is 1. The van der Waals surface area contributed by atoms with Gasteiger partial charge in [-0.15, -0.1) is 0 Å². The Morgan fingerprint density at radius 1 is 1.29 bits per heavy atom. The first kappa shape index (κ1) is 24.3. The zero-order valence-electron chi connectivity index (χ0n) is 19.1. The molecule has 31 heavy (non-hydrogen) atoms. The molecule has 1 saturated carbocycles. The largest absolute Gasteiger partial charge is 0.490 e. The maximum atomic E-state index is 12.7. The van der Waals surface area contributed by atoms with Crippen LogP contribution in [0.4, 0.5) is 0 Å². The Hall–Kier alpha value is -3.01. The molecule has 1 aromatic carbocycles. The van der Waals surface area contributed by atoms with Gasteiger partial charge in [0, 0.05) is 20.1 Å². The molecule has 0 spiro atoms. The highest BCUT2D eigenvalue weighted by atomic mass is 16.5. The Morgan fingerprint density at radius 2 is 2.00 bits per heavy atom. The van der Waals surface area contributed by atoms with Crippen LogP contribution < -0.4 is 14.8 Å². The maximum absolute atomic E-state index is 12.7. The van der Waals surface area contributed by atoms with Crippen LogP contribution >= 0.6 is 0 Å². The minimum absolute atomic E-state index is 0.0463. The molecule has 1 aromatic rings. The van der Waals surface area contributed by atoms with E-state index in [0.29, 0.717) is 29.6 Å². The van der Waals surface area contributed by atoms with Gasteiger partial charge in [0.05, 0.1) is 6.61 Å². The van der Waals surface area contributed by atoms with Gasteiger partial charge in [-0.05, 0) is 56.4 Å². The number of nitrogens with zero attached hydrogens (tertiary/aromatic N) is 2. The molecule has 1 aliphatic carbocycles. The van der Waals surface area contributed by atoms with Gasteiger partial charge < -0.3 is 19.7 Å². The molecule has 7 nitrogen and oxygen atoms in total. The van der Waals surface area contributed by atoms with E-state index in [1.54, 1.807) is 45.3 Å². The summed E-state index contributed by atoms with van der Waals surface area (Å²) in [7, 11) is 3.34. The number of amides is 2. The molecule has 1 N–H and O–H groups in total. The third kappa shape index (κ3) is 6.74. The summed E-state index contributed by atoms with van der Waals surface area (Å²) in [5.74, 6) is 0.774. The van der Waals surface area contributed by atoms with Gasteiger partial charge in [0.2, 0.25) is 0 Å². The first-order valence-corrected chi connectivity index (χ1v) is 10.8. The zero-order valence-corrected chi connectivity index (χ0v) is 19.1. The zero-order chi connectivity index (χ0) is 23.0. The van der Waals surface area contributed by atoms with Crippen LogP contribution in [0.25, 0.3) is 6.08 Å². The smallest absolute Gasteiger partial charge is 0.262 e. The second-order valence-electron chi connectivity index (χ2n) is 8.14. The van der Waals surface area contributed by atoms with Gasteiger partial charge in [0.1, 0.15) is 11.6 Å². The SMILES string of the molecule is CCOc1cc(/C=C(\C#N)C(=O)N[C@H]2CCCC[C@H]2C)ccc1O[C@@H](C)C(=O)N(C)C. The molecule has 0 saturated heterocycles. The normalized spacial score (nSPS) is 19.7. The molecule has 0 aliphatic heterocycles. The molecule has 1 fully saturated rings. The lowest BCUT2D eigenvalue weighted by molar-refractivity contribution is -0.135. The molecular formula is C24H33N3O4. The summed E-state index contributed by atoms with van der Waals surface area (Å²) in [6.45, 7) is 6.07. The molecule has 0 bridgehead atoms. The molecular weight excluding hydrogens is 394 g/mol. The van der Waals surface area contributed by atoms with Gasteiger partial charge in [-0.2, -0.15) is 5.26 Å². The minimum Gasteiger partial charge on any atom is -0.490 e. The van der Waals surface area contributed by atoms with E-state index in [1.165, 1.54) is 11.3 Å². The summed E-state index contributed by atoms with van der Waals surface area (Å²) in [6.07, 6.45) is 5.18. The van der Waals surface area contributed by atoms with E-state index in [2.05, 4.69) is 12.2 Å². The van der Waals surface area contributed by atoms with Crippen molar-refractivity contribution in [1.82, 2.24) is 10.2 Å². The molecule has 3 atom stereocenters. The Bertz CT molecular complexity index is 857. The second-order valence-corrected chi connectivity index (χ2v) is 8.14. The van der Waals surface area contributed by atoms with Crippen molar-refractivity contribution >= 4 is 17.9 Å². The van der Waals surface area contributed by atoms with Crippen LogP contribution in [0.5, 0.6) is 11.5 Å². The van der Waals surface area contributed by atoms with E-state index in [0.717, 1.165) is 19.3 Å². The third-order valence-corrected chi connectivity index (χ3v) is 5.46. The monoisotopic (exact) mass is 427 g/mol. The van der Waals surface area contributed by atoms with Crippen LogP contribution in [0.1, 0.15) is 52.0 Å². The van der Waals surface area contributed by atoms with Crippen LogP contribution in [0.3, 0.4) is 0 Å². The van der Waals surface area contributed by atoms with Crippen molar-refractivity contribution in [2.45, 2.75) is 58.6 Å². The molecule has 7 heteroatoms. The lowest BCUT2D eigenvalue weighted by atomic mass is 9.86. The van der Waals surface area contributed by atoms with E-state index >= 15 is 0 Å². The van der Waals surface area contributed by atoms with Crippen LogP contribution in [0, 0.1) is 17.2 Å². The van der Waals surface area contributed by atoms with Crippen molar-refractivity contribution in [3.63, 3.8) is 0 Å². The highest BCUT2D eigenvalue weighted by Crippen LogP contribution is 2.30. The van der Waals surface area contributed by atoms with Crippen molar-refractivity contribution in [2.24, 2.45) is 5.92 Å². The second kappa shape index (κ2) is 11.4. The lowest BCUT2D eigenvalue weighted by Gasteiger charge is -2.29. The highest BCUT2D eigenvalue weighted by Gasteiger charge is 2.24. The van der Waals surface area contributed by atoms with Crippen LogP contribution in [0.15, 0.2) is 23.8 Å². The van der Waals surface area contributed by atoms with Crippen molar-refractivity contribution in [1.29, 1.82) is 5.26 Å². The van der Waals surface area contributed by atoms with Crippen molar-refractivity contribution < 1.29 is 19.1 Å². The van der Waals surface area contributed by atoms with Gasteiger partial charge >= 0.3 is 0 Å². The van der Waals surface area contributed by atoms with Crippen molar-refractivity contribution in [3.05, 3.63) is 29.3 Å². The van der Waals surface area contributed by atoms with Crippen molar-refractivity contribution in [2.75, 3.05) is 20.7 Å². The molecule has 0 heterocycles. The van der Waals surface area contributed by atoms with E-state index in [9.17, 15) is 14.9 Å². The maximum Gasteiger partial charge on any atom is 0.262 e. The number of nitrogens with one attached hydrogen (secondary N) is 1. The first-order chi connectivity index (χ1) is 14.8. The fraction of sp³-hybridized carbons (Fsp3) is 0.542. The average molecular weight is 428 g/mol. The quantitative estimate of drug-likeness (QED) is 0.506.